The number of carboxylic acids is 1. The SMILES string of the molecule is CC1(C)S[C@@H]2[C@H](NC(=O)COc3ccccc3)C(=O)N2[C@H]1COOCOC(=O)CCCC(=O)[O-].[Na+]. The molecule has 0 radical (unpaired) electrons. The average molecular weight is 519 g/mol. The number of hydrogen-bond acceptors (Lipinski definition) is 10. The van der Waals surface area contributed by atoms with Crippen LogP contribution in [0.5, 0.6) is 5.75 Å². The van der Waals surface area contributed by atoms with E-state index >= 15 is 0 Å². The predicted octanol–water partition coefficient (Wildman–Crippen LogP) is -3.01. The van der Waals surface area contributed by atoms with E-state index in [1.165, 1.54) is 0 Å². The number of amides is 2. The quantitative estimate of drug-likeness (QED) is 0.0545. The van der Waals surface area contributed by atoms with E-state index in [0.717, 1.165) is 0 Å². The maximum absolute atomic E-state index is 12.7. The van der Waals surface area contributed by atoms with Crippen LogP contribution in [0, 0.1) is 0 Å². The summed E-state index contributed by atoms with van der Waals surface area (Å²) in [7, 11) is 0. The molecular weight excluding hydrogens is 491 g/mol. The molecular formula is C22H27N2NaO9S. The van der Waals surface area contributed by atoms with Gasteiger partial charge in [0.05, 0.1) is 6.04 Å². The molecule has 0 aromatic heterocycles. The van der Waals surface area contributed by atoms with Gasteiger partial charge in [-0.05, 0) is 38.8 Å². The maximum atomic E-state index is 12.7. The van der Waals surface area contributed by atoms with Crippen molar-refractivity contribution in [2.24, 2.45) is 0 Å². The smallest absolute Gasteiger partial charge is 0.550 e. The molecule has 186 valence electrons. The van der Waals surface area contributed by atoms with E-state index in [1.54, 1.807) is 40.9 Å². The zero-order valence-electron chi connectivity index (χ0n) is 19.9. The minimum Gasteiger partial charge on any atom is -0.550 e. The normalized spacial score (nSPS) is 21.8. The molecule has 1 N–H and O–H groups in total. The Hall–Kier alpha value is -1.83. The number of fused-ring (bicyclic) bond motifs is 1. The van der Waals surface area contributed by atoms with Crippen LogP contribution in [0.4, 0.5) is 0 Å². The van der Waals surface area contributed by atoms with Gasteiger partial charge in [-0.2, -0.15) is 4.89 Å². The Bertz CT molecular complexity index is 902. The molecule has 2 amide bonds. The molecule has 0 spiro atoms. The van der Waals surface area contributed by atoms with Crippen molar-refractivity contribution < 1.29 is 73.1 Å². The van der Waals surface area contributed by atoms with Crippen molar-refractivity contribution in [3.63, 3.8) is 0 Å². The van der Waals surface area contributed by atoms with Gasteiger partial charge in [-0.25, -0.2) is 4.89 Å². The third kappa shape index (κ3) is 8.09. The molecule has 2 heterocycles. The molecule has 1 aromatic carbocycles. The minimum absolute atomic E-state index is 0. The molecule has 0 bridgehead atoms. The Morgan fingerprint density at radius 2 is 1.86 bits per heavy atom. The fraction of sp³-hybridized carbons (Fsp3) is 0.545. The van der Waals surface area contributed by atoms with E-state index in [9.17, 15) is 24.3 Å². The molecule has 2 aliphatic heterocycles. The third-order valence-electron chi connectivity index (χ3n) is 5.41. The van der Waals surface area contributed by atoms with Crippen molar-refractivity contribution in [3.05, 3.63) is 30.3 Å². The van der Waals surface area contributed by atoms with Gasteiger partial charge in [-0.15, -0.1) is 11.8 Å². The molecule has 13 heteroatoms. The molecule has 3 rings (SSSR count). The van der Waals surface area contributed by atoms with E-state index in [2.05, 4.69) is 5.32 Å². The monoisotopic (exact) mass is 518 g/mol. The summed E-state index contributed by atoms with van der Waals surface area (Å²) in [5.74, 6) is -1.88. The fourth-order valence-electron chi connectivity index (χ4n) is 3.65. The number of para-hydroxylation sites is 1. The second kappa shape index (κ2) is 13.5. The fourth-order valence-corrected chi connectivity index (χ4v) is 5.29. The Morgan fingerprint density at radius 1 is 1.14 bits per heavy atom. The van der Waals surface area contributed by atoms with Crippen LogP contribution in [0.3, 0.4) is 0 Å². The molecule has 35 heavy (non-hydrogen) atoms. The Morgan fingerprint density at radius 3 is 2.54 bits per heavy atom. The van der Waals surface area contributed by atoms with Crippen molar-refractivity contribution in [2.45, 2.75) is 55.3 Å². The van der Waals surface area contributed by atoms with E-state index < -0.39 is 24.8 Å². The number of rotatable bonds is 13. The number of aliphatic carboxylic acids is 1. The summed E-state index contributed by atoms with van der Waals surface area (Å²) in [5, 5.41) is 12.8. The summed E-state index contributed by atoms with van der Waals surface area (Å²) < 4.78 is 9.85. The topological polar surface area (TPSA) is 144 Å². The molecule has 11 nitrogen and oxygen atoms in total. The van der Waals surface area contributed by atoms with Crippen LogP contribution >= 0.6 is 11.8 Å². The Balaban J connectivity index is 0.00000432. The van der Waals surface area contributed by atoms with E-state index in [0.29, 0.717) is 5.75 Å². The number of nitrogens with one attached hydrogen (secondary N) is 1. The molecule has 2 fully saturated rings. The van der Waals surface area contributed by atoms with Crippen LogP contribution in [0.25, 0.3) is 0 Å². The molecule has 2 saturated heterocycles. The van der Waals surface area contributed by atoms with Gasteiger partial charge in [0.15, 0.2) is 6.61 Å². The molecule has 0 saturated carbocycles. The Labute approximate surface area is 229 Å². The van der Waals surface area contributed by atoms with Gasteiger partial charge in [-0.3, -0.25) is 14.4 Å². The molecule has 3 atom stereocenters. The number of thioether (sulfide) groups is 1. The number of carbonyl (C=O) groups excluding carboxylic acids is 4. The first-order chi connectivity index (χ1) is 16.2. The molecule has 0 unspecified atom stereocenters. The summed E-state index contributed by atoms with van der Waals surface area (Å²) in [4.78, 5) is 58.5. The number of β-lactam (4-membered cyclic amide) rings is 1. The van der Waals surface area contributed by atoms with Crippen molar-refractivity contribution in [2.75, 3.05) is 20.0 Å². The number of nitrogens with zero attached hydrogens (tertiary/aromatic N) is 1. The second-order valence-corrected chi connectivity index (χ2v) is 10.1. The zero-order chi connectivity index (χ0) is 24.7. The predicted molar refractivity (Wildman–Crippen MR) is 117 cm³/mol. The zero-order valence-corrected chi connectivity index (χ0v) is 22.7. The first-order valence-corrected chi connectivity index (χ1v) is 11.6. The van der Waals surface area contributed by atoms with E-state index in [-0.39, 0.29) is 90.0 Å². The number of carbonyl (C=O) groups is 4. The molecule has 2 aliphatic rings. The van der Waals surface area contributed by atoms with Gasteiger partial charge in [-0.1, -0.05) is 18.2 Å². The Kier molecular flexibility index (Phi) is 11.3. The van der Waals surface area contributed by atoms with Crippen LogP contribution in [0.15, 0.2) is 30.3 Å². The minimum atomic E-state index is -1.23. The number of carboxylic acid groups (broad SMARTS) is 1. The van der Waals surface area contributed by atoms with Crippen molar-refractivity contribution in [3.8, 4) is 5.75 Å². The second-order valence-electron chi connectivity index (χ2n) is 8.28. The number of ether oxygens (including phenoxy) is 2. The number of benzene rings is 1. The van der Waals surface area contributed by atoms with Crippen molar-refractivity contribution in [1.82, 2.24) is 10.2 Å². The third-order valence-corrected chi connectivity index (χ3v) is 7.03. The van der Waals surface area contributed by atoms with Gasteiger partial charge in [0, 0.05) is 17.1 Å². The largest absolute Gasteiger partial charge is 1.00 e. The van der Waals surface area contributed by atoms with Crippen molar-refractivity contribution in [1.29, 1.82) is 0 Å². The summed E-state index contributed by atoms with van der Waals surface area (Å²) in [5.41, 5.74) is 0. The van der Waals surface area contributed by atoms with Gasteiger partial charge >= 0.3 is 35.5 Å². The molecule has 0 aliphatic carbocycles. The number of esters is 1. The van der Waals surface area contributed by atoms with Gasteiger partial charge in [0.25, 0.3) is 5.91 Å². The summed E-state index contributed by atoms with van der Waals surface area (Å²) in [6, 6.07) is 7.95. The number of hydrogen-bond donors (Lipinski definition) is 1. The van der Waals surface area contributed by atoms with Crippen molar-refractivity contribution >= 4 is 35.5 Å². The average Bonchev–Trinajstić information content (AvgIpc) is 3.03. The van der Waals surface area contributed by atoms with Gasteiger partial charge < -0.3 is 29.6 Å². The van der Waals surface area contributed by atoms with Crippen LogP contribution in [0.1, 0.15) is 33.1 Å². The van der Waals surface area contributed by atoms with E-state index in [4.69, 9.17) is 19.2 Å². The van der Waals surface area contributed by atoms with E-state index in [1.807, 2.05) is 19.9 Å². The summed E-state index contributed by atoms with van der Waals surface area (Å²) in [6.45, 7) is 3.32. The maximum Gasteiger partial charge on any atom is 1.00 e. The van der Waals surface area contributed by atoms with Crippen LogP contribution < -0.4 is 44.7 Å². The van der Waals surface area contributed by atoms with Crippen LogP contribution in [-0.4, -0.2) is 70.9 Å². The van der Waals surface area contributed by atoms with Gasteiger partial charge in [0.2, 0.25) is 12.7 Å². The van der Waals surface area contributed by atoms with Crippen LogP contribution in [0.2, 0.25) is 0 Å². The summed E-state index contributed by atoms with van der Waals surface area (Å²) in [6.07, 6.45) is -0.186. The standard InChI is InChI=1S/C22H28N2O9S.Na/c1-22(2)15(11-32-33-13-31-18(28)10-6-9-17(26)27)24-20(29)19(21(24)34-22)23-16(25)12-30-14-7-4-3-5-8-14;/h3-5,7-8,15,19,21H,6,9-13H2,1-2H3,(H,23,25)(H,26,27);/q;+1/p-1/t15-,19+,21+;/m0./s1. The first kappa shape index (κ1) is 29.4. The molecule has 1 aromatic rings. The van der Waals surface area contributed by atoms with Gasteiger partial charge in [0.1, 0.15) is 23.8 Å². The van der Waals surface area contributed by atoms with Crippen LogP contribution in [-0.2, 0) is 33.7 Å². The first-order valence-electron chi connectivity index (χ1n) is 10.8. The summed E-state index contributed by atoms with van der Waals surface area (Å²) >= 11 is 1.55.